The summed E-state index contributed by atoms with van der Waals surface area (Å²) < 4.78 is 46.3. The van der Waals surface area contributed by atoms with Crippen molar-refractivity contribution < 1.29 is 22.7 Å². The van der Waals surface area contributed by atoms with Crippen LogP contribution in [0.4, 0.5) is 23.7 Å². The van der Waals surface area contributed by atoms with Crippen molar-refractivity contribution >= 4 is 11.7 Å². The molecular formula is C27H30F3N5O2. The standard InChI is InChI=1S/C27H30F3N5O2/c1-32-18-20(17-31-32)23-10-9-22(16-25(23)37-2)33-12-14-34(15-13-33)26(36)35-11-3-4-24(35)19-5-7-21(8-6-19)27(28,29)30/h5-10,16-18,24H,3-4,11-15H2,1-2H3. The SMILES string of the molecule is COc1cc(N2CCN(C(=O)N3CCCC3c3ccc(C(F)(F)F)cc3)CC2)ccc1-c1cnn(C)c1. The van der Waals surface area contributed by atoms with E-state index >= 15 is 0 Å². The Morgan fingerprint density at radius 2 is 1.76 bits per heavy atom. The number of likely N-dealkylation sites (tertiary alicyclic amines) is 1. The van der Waals surface area contributed by atoms with Crippen molar-refractivity contribution in [1.29, 1.82) is 0 Å². The Hall–Kier alpha value is -3.69. The Bertz CT molecular complexity index is 1250. The fraction of sp³-hybridized carbons (Fsp3) is 0.407. The van der Waals surface area contributed by atoms with Crippen molar-refractivity contribution in [1.82, 2.24) is 19.6 Å². The maximum atomic E-state index is 13.4. The van der Waals surface area contributed by atoms with Gasteiger partial charge >= 0.3 is 12.2 Å². The number of carbonyl (C=O) groups excluding carboxylic acids is 1. The molecule has 2 aliphatic heterocycles. The minimum Gasteiger partial charge on any atom is -0.496 e. The van der Waals surface area contributed by atoms with Gasteiger partial charge in [0, 0.05) is 68.8 Å². The number of alkyl halides is 3. The average Bonchev–Trinajstić information content (AvgIpc) is 3.57. The molecule has 2 aliphatic rings. The number of methoxy groups -OCH3 is 1. The molecule has 10 heteroatoms. The molecular weight excluding hydrogens is 483 g/mol. The topological polar surface area (TPSA) is 53.8 Å². The van der Waals surface area contributed by atoms with Gasteiger partial charge in [0.1, 0.15) is 5.75 Å². The van der Waals surface area contributed by atoms with Crippen LogP contribution in [-0.2, 0) is 13.2 Å². The number of amides is 2. The summed E-state index contributed by atoms with van der Waals surface area (Å²) in [5.74, 6) is 0.764. The predicted octanol–water partition coefficient (Wildman–Crippen LogP) is 5.19. The molecule has 3 heterocycles. The number of nitrogens with zero attached hydrogens (tertiary/aromatic N) is 5. The van der Waals surface area contributed by atoms with Gasteiger partial charge < -0.3 is 19.4 Å². The first kappa shape index (κ1) is 25.0. The number of rotatable bonds is 4. The van der Waals surface area contributed by atoms with Gasteiger partial charge in [-0.3, -0.25) is 4.68 Å². The Morgan fingerprint density at radius 1 is 1.03 bits per heavy atom. The number of benzene rings is 2. The van der Waals surface area contributed by atoms with Crippen LogP contribution in [0, 0.1) is 0 Å². The zero-order chi connectivity index (χ0) is 26.2. The molecule has 0 bridgehead atoms. The van der Waals surface area contributed by atoms with Crippen molar-refractivity contribution in [2.24, 2.45) is 7.05 Å². The fourth-order valence-corrected chi connectivity index (χ4v) is 5.25. The monoisotopic (exact) mass is 513 g/mol. The van der Waals surface area contributed by atoms with Crippen molar-refractivity contribution in [3.8, 4) is 16.9 Å². The number of halogens is 3. The number of carbonyl (C=O) groups is 1. The van der Waals surface area contributed by atoms with Crippen molar-refractivity contribution in [3.63, 3.8) is 0 Å². The van der Waals surface area contributed by atoms with Crippen LogP contribution in [0.1, 0.15) is 30.0 Å². The first-order chi connectivity index (χ1) is 17.7. The molecule has 5 rings (SSSR count). The summed E-state index contributed by atoms with van der Waals surface area (Å²) in [5, 5.41) is 4.24. The summed E-state index contributed by atoms with van der Waals surface area (Å²) in [6.45, 7) is 3.11. The average molecular weight is 514 g/mol. The molecule has 1 aromatic heterocycles. The molecule has 0 radical (unpaired) electrons. The van der Waals surface area contributed by atoms with Crippen molar-refractivity contribution in [2.45, 2.75) is 25.1 Å². The second-order valence-corrected chi connectivity index (χ2v) is 9.52. The number of hydrogen-bond acceptors (Lipinski definition) is 4. The molecule has 2 aromatic carbocycles. The van der Waals surface area contributed by atoms with E-state index in [0.29, 0.717) is 32.7 Å². The zero-order valence-corrected chi connectivity index (χ0v) is 20.9. The Kier molecular flexibility index (Phi) is 6.74. The maximum Gasteiger partial charge on any atom is 0.416 e. The molecule has 2 amide bonds. The third kappa shape index (κ3) is 5.10. The smallest absolute Gasteiger partial charge is 0.416 e. The highest BCUT2D eigenvalue weighted by Crippen LogP contribution is 2.36. The van der Waals surface area contributed by atoms with Crippen molar-refractivity contribution in [2.75, 3.05) is 44.7 Å². The molecule has 7 nitrogen and oxygen atoms in total. The number of aryl methyl sites for hydroxylation is 1. The number of hydrogen-bond donors (Lipinski definition) is 0. The van der Waals surface area contributed by atoms with E-state index in [1.165, 1.54) is 12.1 Å². The summed E-state index contributed by atoms with van der Waals surface area (Å²) in [6.07, 6.45) is 0.962. The molecule has 1 atom stereocenters. The van der Waals surface area contributed by atoms with Gasteiger partial charge in [0.05, 0.1) is 24.9 Å². The van der Waals surface area contributed by atoms with Crippen LogP contribution < -0.4 is 9.64 Å². The number of aromatic nitrogens is 2. The second-order valence-electron chi connectivity index (χ2n) is 9.52. The van der Waals surface area contributed by atoms with Crippen LogP contribution in [0.25, 0.3) is 11.1 Å². The van der Waals surface area contributed by atoms with Gasteiger partial charge in [0.25, 0.3) is 0 Å². The predicted molar refractivity (Wildman–Crippen MR) is 135 cm³/mol. The van der Waals surface area contributed by atoms with Gasteiger partial charge in [-0.2, -0.15) is 18.3 Å². The Labute approximate surface area is 214 Å². The van der Waals surface area contributed by atoms with Crippen LogP contribution in [-0.4, -0.2) is 65.4 Å². The molecule has 37 heavy (non-hydrogen) atoms. The van der Waals surface area contributed by atoms with E-state index in [2.05, 4.69) is 16.1 Å². The third-order valence-corrected chi connectivity index (χ3v) is 7.24. The first-order valence-electron chi connectivity index (χ1n) is 12.4. The van der Waals surface area contributed by atoms with Gasteiger partial charge in [-0.1, -0.05) is 12.1 Å². The quantitative estimate of drug-likeness (QED) is 0.482. The van der Waals surface area contributed by atoms with Gasteiger partial charge in [0.15, 0.2) is 0 Å². The molecule has 1 unspecified atom stereocenters. The van der Waals surface area contributed by atoms with Crippen LogP contribution >= 0.6 is 0 Å². The number of urea groups is 1. The Balaban J connectivity index is 1.23. The first-order valence-corrected chi connectivity index (χ1v) is 12.4. The molecule has 196 valence electrons. The zero-order valence-electron chi connectivity index (χ0n) is 20.9. The van der Waals surface area contributed by atoms with Gasteiger partial charge in [0.2, 0.25) is 0 Å². The minimum absolute atomic E-state index is 0.0495. The second kappa shape index (κ2) is 9.99. The Morgan fingerprint density at radius 3 is 2.38 bits per heavy atom. The van der Waals surface area contributed by atoms with Gasteiger partial charge in [-0.15, -0.1) is 0 Å². The lowest BCUT2D eigenvalue weighted by atomic mass is 10.0. The van der Waals surface area contributed by atoms with Crippen LogP contribution in [0.5, 0.6) is 5.75 Å². The third-order valence-electron chi connectivity index (χ3n) is 7.24. The summed E-state index contributed by atoms with van der Waals surface area (Å²) in [6, 6.07) is 11.1. The van der Waals surface area contributed by atoms with Crippen LogP contribution in [0.3, 0.4) is 0 Å². The van der Waals surface area contributed by atoms with E-state index in [1.807, 2.05) is 35.2 Å². The normalized spacial score (nSPS) is 18.4. The van der Waals surface area contributed by atoms with E-state index in [0.717, 1.165) is 53.1 Å². The highest BCUT2D eigenvalue weighted by Gasteiger charge is 2.35. The van der Waals surface area contributed by atoms with E-state index in [-0.39, 0.29) is 12.1 Å². The van der Waals surface area contributed by atoms with E-state index in [9.17, 15) is 18.0 Å². The molecule has 2 fully saturated rings. The summed E-state index contributed by atoms with van der Waals surface area (Å²) in [4.78, 5) is 19.3. The maximum absolute atomic E-state index is 13.4. The summed E-state index contributed by atoms with van der Waals surface area (Å²) in [5.41, 5.74) is 3.05. The van der Waals surface area contributed by atoms with Gasteiger partial charge in [-0.25, -0.2) is 4.79 Å². The van der Waals surface area contributed by atoms with Crippen LogP contribution in [0.2, 0.25) is 0 Å². The lowest BCUT2D eigenvalue weighted by Crippen LogP contribution is -2.52. The molecule has 3 aromatic rings. The van der Waals surface area contributed by atoms with E-state index < -0.39 is 11.7 Å². The largest absolute Gasteiger partial charge is 0.496 e. The van der Waals surface area contributed by atoms with Crippen LogP contribution in [0.15, 0.2) is 54.9 Å². The number of anilines is 1. The molecule has 2 saturated heterocycles. The number of piperazine rings is 1. The molecule has 0 spiro atoms. The highest BCUT2D eigenvalue weighted by atomic mass is 19.4. The van der Waals surface area contributed by atoms with E-state index in [1.54, 1.807) is 18.0 Å². The number of ether oxygens (including phenoxy) is 1. The van der Waals surface area contributed by atoms with Gasteiger partial charge in [-0.05, 0) is 42.7 Å². The molecule has 0 N–H and O–H groups in total. The molecule has 0 aliphatic carbocycles. The summed E-state index contributed by atoms with van der Waals surface area (Å²) >= 11 is 0. The minimum atomic E-state index is -4.37. The summed E-state index contributed by atoms with van der Waals surface area (Å²) in [7, 11) is 3.53. The van der Waals surface area contributed by atoms with E-state index in [4.69, 9.17) is 4.74 Å². The lowest BCUT2D eigenvalue weighted by Gasteiger charge is -2.39. The molecule has 0 saturated carbocycles. The lowest BCUT2D eigenvalue weighted by molar-refractivity contribution is -0.137. The fourth-order valence-electron chi connectivity index (χ4n) is 5.25. The highest BCUT2D eigenvalue weighted by molar-refractivity contribution is 5.76. The van der Waals surface area contributed by atoms with Crippen molar-refractivity contribution in [3.05, 3.63) is 66.0 Å².